The monoisotopic (exact) mass is 464 g/mol. The van der Waals surface area contributed by atoms with E-state index in [1.165, 1.54) is 13.0 Å². The fourth-order valence-electron chi connectivity index (χ4n) is 4.68. The molecule has 1 aromatic carbocycles. The Morgan fingerprint density at radius 1 is 1.27 bits per heavy atom. The van der Waals surface area contributed by atoms with Gasteiger partial charge in [0.2, 0.25) is 0 Å². The molecule has 1 fully saturated rings. The number of halogens is 3. The van der Waals surface area contributed by atoms with Crippen molar-refractivity contribution in [3.8, 4) is 0 Å². The highest BCUT2D eigenvalue weighted by atomic mass is 35.5. The van der Waals surface area contributed by atoms with Gasteiger partial charge in [0.05, 0.1) is 40.1 Å². The van der Waals surface area contributed by atoms with E-state index in [1.807, 2.05) is 0 Å². The third kappa shape index (κ3) is 3.91. The molecule has 5 N–H and O–H groups in total. The third-order valence-electron chi connectivity index (χ3n) is 6.30. The van der Waals surface area contributed by atoms with Gasteiger partial charge in [0, 0.05) is 18.5 Å². The number of hydrogen-bond acceptors (Lipinski definition) is 5. The lowest BCUT2D eigenvalue weighted by molar-refractivity contribution is -0.175. The fraction of sp³-hybridized carbons (Fsp3) is 0.600. The predicted molar refractivity (Wildman–Crippen MR) is 112 cm³/mol. The number of alkyl halides is 1. The molecule has 5 unspecified atom stereocenters. The number of carboxylic acids is 2. The molecule has 10 heteroatoms. The first-order valence-electron chi connectivity index (χ1n) is 9.63. The number of benzene rings is 1. The molecule has 0 radical (unpaired) electrons. The zero-order chi connectivity index (χ0) is 22.7. The number of hydrogen-bond donors (Lipinski definition) is 4. The molecule has 168 valence electrons. The molecule has 7 nitrogen and oxygen atoms in total. The molecular weight excluding hydrogens is 438 g/mol. The van der Waals surface area contributed by atoms with Crippen LogP contribution in [0.15, 0.2) is 18.2 Å². The molecule has 0 saturated carbocycles. The van der Waals surface area contributed by atoms with Crippen molar-refractivity contribution in [2.75, 3.05) is 26.4 Å². The SMILES string of the molecule is CCC1(C(=O)O)C(COCCN)NC(CF)C(C)(C(=O)O)C1c1cccc(Cl)c1Cl. The molecule has 1 aromatic rings. The van der Waals surface area contributed by atoms with Crippen LogP contribution >= 0.6 is 23.2 Å². The average Bonchev–Trinajstić information content (AvgIpc) is 2.70. The first-order valence-corrected chi connectivity index (χ1v) is 10.4. The number of ether oxygens (including phenoxy) is 1. The van der Waals surface area contributed by atoms with E-state index in [0.717, 1.165) is 0 Å². The number of carbonyl (C=O) groups is 2. The number of rotatable bonds is 9. The predicted octanol–water partition coefficient (Wildman–Crippen LogP) is 2.93. The maximum Gasteiger partial charge on any atom is 0.311 e. The number of nitrogens with one attached hydrogen (secondary N) is 1. The summed E-state index contributed by atoms with van der Waals surface area (Å²) in [5, 5.41) is 23.7. The van der Waals surface area contributed by atoms with Crippen molar-refractivity contribution in [3.63, 3.8) is 0 Å². The maximum absolute atomic E-state index is 14.1. The van der Waals surface area contributed by atoms with Crippen molar-refractivity contribution in [3.05, 3.63) is 33.8 Å². The van der Waals surface area contributed by atoms with E-state index >= 15 is 0 Å². The van der Waals surface area contributed by atoms with Gasteiger partial charge in [-0.3, -0.25) is 9.59 Å². The maximum atomic E-state index is 14.1. The van der Waals surface area contributed by atoms with Gasteiger partial charge in [0.1, 0.15) is 6.67 Å². The van der Waals surface area contributed by atoms with Crippen molar-refractivity contribution < 1.29 is 28.9 Å². The second-order valence-electron chi connectivity index (χ2n) is 7.65. The van der Waals surface area contributed by atoms with Crippen molar-refractivity contribution in [2.45, 2.75) is 38.3 Å². The molecule has 0 aliphatic carbocycles. The molecule has 2 rings (SSSR count). The summed E-state index contributed by atoms with van der Waals surface area (Å²) in [6, 6.07) is 2.57. The van der Waals surface area contributed by atoms with E-state index in [2.05, 4.69) is 5.32 Å². The molecule has 1 heterocycles. The lowest BCUT2D eigenvalue weighted by Gasteiger charge is -2.56. The lowest BCUT2D eigenvalue weighted by atomic mass is 9.51. The summed E-state index contributed by atoms with van der Waals surface area (Å²) in [4.78, 5) is 25.2. The van der Waals surface area contributed by atoms with Crippen LogP contribution in [0.2, 0.25) is 10.0 Å². The van der Waals surface area contributed by atoms with E-state index in [4.69, 9.17) is 33.7 Å². The van der Waals surface area contributed by atoms with Crippen molar-refractivity contribution in [2.24, 2.45) is 16.6 Å². The minimum atomic E-state index is -1.83. The molecule has 0 spiro atoms. The van der Waals surface area contributed by atoms with Crippen molar-refractivity contribution in [1.29, 1.82) is 0 Å². The van der Waals surface area contributed by atoms with Crippen molar-refractivity contribution >= 4 is 35.1 Å². The van der Waals surface area contributed by atoms with Gasteiger partial charge in [-0.2, -0.15) is 0 Å². The average molecular weight is 465 g/mol. The fourth-order valence-corrected chi connectivity index (χ4v) is 5.10. The van der Waals surface area contributed by atoms with Crippen LogP contribution < -0.4 is 11.1 Å². The molecular formula is C20H27Cl2FN2O5. The minimum Gasteiger partial charge on any atom is -0.481 e. The van der Waals surface area contributed by atoms with Crippen LogP contribution in [0.25, 0.3) is 0 Å². The van der Waals surface area contributed by atoms with Gasteiger partial charge in [-0.05, 0) is 25.0 Å². The van der Waals surface area contributed by atoms with Gasteiger partial charge >= 0.3 is 11.9 Å². The number of carboxylic acid groups (broad SMARTS) is 2. The highest BCUT2D eigenvalue weighted by Crippen LogP contribution is 2.58. The first-order chi connectivity index (χ1) is 14.1. The number of aliphatic carboxylic acids is 2. The largest absolute Gasteiger partial charge is 0.481 e. The summed E-state index contributed by atoms with van der Waals surface area (Å²) >= 11 is 12.6. The molecule has 5 atom stereocenters. The summed E-state index contributed by atoms with van der Waals surface area (Å²) in [6.45, 7) is 2.29. The second-order valence-corrected chi connectivity index (χ2v) is 8.44. The van der Waals surface area contributed by atoms with Crippen LogP contribution in [0.1, 0.15) is 31.7 Å². The second kappa shape index (κ2) is 9.78. The van der Waals surface area contributed by atoms with E-state index in [0.29, 0.717) is 0 Å². The van der Waals surface area contributed by atoms with Gasteiger partial charge in [0.25, 0.3) is 0 Å². The summed E-state index contributed by atoms with van der Waals surface area (Å²) in [5.74, 6) is -3.76. The number of nitrogens with two attached hydrogens (primary N) is 1. The summed E-state index contributed by atoms with van der Waals surface area (Å²) in [7, 11) is 0. The van der Waals surface area contributed by atoms with Gasteiger partial charge < -0.3 is 26.0 Å². The van der Waals surface area contributed by atoms with Gasteiger partial charge in [0.15, 0.2) is 0 Å². The molecule has 30 heavy (non-hydrogen) atoms. The normalized spacial score (nSPS) is 31.5. The molecule has 0 aromatic heterocycles. The van der Waals surface area contributed by atoms with Crippen LogP contribution in [-0.2, 0) is 14.3 Å². The Hall–Kier alpha value is -1.45. The first kappa shape index (κ1) is 24.8. The minimum absolute atomic E-state index is 0.0430. The van der Waals surface area contributed by atoms with Gasteiger partial charge in [-0.25, -0.2) is 4.39 Å². The van der Waals surface area contributed by atoms with Crippen LogP contribution in [-0.4, -0.2) is 60.7 Å². The van der Waals surface area contributed by atoms with Crippen LogP contribution in [0.3, 0.4) is 0 Å². The highest BCUT2D eigenvalue weighted by molar-refractivity contribution is 6.42. The van der Waals surface area contributed by atoms with Crippen LogP contribution in [0.5, 0.6) is 0 Å². The topological polar surface area (TPSA) is 122 Å². The zero-order valence-corrected chi connectivity index (χ0v) is 18.3. The molecule has 0 amide bonds. The Labute approximate surface area is 184 Å². The van der Waals surface area contributed by atoms with Gasteiger partial charge in [-0.15, -0.1) is 0 Å². The molecule has 1 aliphatic rings. The third-order valence-corrected chi connectivity index (χ3v) is 7.13. The summed E-state index contributed by atoms with van der Waals surface area (Å²) in [6.07, 6.45) is 0.0430. The van der Waals surface area contributed by atoms with E-state index in [-0.39, 0.29) is 41.8 Å². The molecule has 1 aliphatic heterocycles. The highest BCUT2D eigenvalue weighted by Gasteiger charge is 2.66. The Kier molecular flexibility index (Phi) is 8.09. The summed E-state index contributed by atoms with van der Waals surface area (Å²) < 4.78 is 19.6. The van der Waals surface area contributed by atoms with Crippen LogP contribution in [0.4, 0.5) is 4.39 Å². The quantitative estimate of drug-likeness (QED) is 0.414. The Morgan fingerprint density at radius 3 is 2.43 bits per heavy atom. The van der Waals surface area contributed by atoms with E-state index in [1.54, 1.807) is 19.1 Å². The van der Waals surface area contributed by atoms with E-state index < -0.39 is 47.4 Å². The molecule has 0 bridgehead atoms. The zero-order valence-electron chi connectivity index (χ0n) is 16.8. The lowest BCUT2D eigenvalue weighted by Crippen LogP contribution is -2.71. The molecule has 1 saturated heterocycles. The van der Waals surface area contributed by atoms with Crippen molar-refractivity contribution in [1.82, 2.24) is 5.32 Å². The number of piperidine rings is 1. The van der Waals surface area contributed by atoms with E-state index in [9.17, 15) is 24.2 Å². The Morgan fingerprint density at radius 2 is 1.93 bits per heavy atom. The van der Waals surface area contributed by atoms with Crippen LogP contribution in [0, 0.1) is 10.8 Å². The smallest absolute Gasteiger partial charge is 0.311 e. The van der Waals surface area contributed by atoms with Gasteiger partial charge in [-0.1, -0.05) is 42.3 Å². The Bertz CT molecular complexity index is 798. The summed E-state index contributed by atoms with van der Waals surface area (Å²) in [5.41, 5.74) is 2.22. The standard InChI is InChI=1S/C20H27Cl2FN2O5/c1-3-20(18(28)29)14(10-30-8-7-24)25-13(9-23)19(2,17(26)27)16(20)11-5-4-6-12(21)15(11)22/h4-6,13-14,16,25H,3,7-10,24H2,1-2H3,(H,26,27)(H,28,29). The Balaban J connectivity index is 2.83.